The minimum absolute atomic E-state index is 0. The van der Waals surface area contributed by atoms with Crippen molar-refractivity contribution in [2.75, 3.05) is 27.9 Å². The number of aromatic nitrogens is 1. The molecule has 9 heteroatoms. The average Bonchev–Trinajstić information content (AvgIpc) is 3.24. The van der Waals surface area contributed by atoms with Gasteiger partial charge in [-0.05, 0) is 37.5 Å². The molecule has 0 aliphatic rings. The van der Waals surface area contributed by atoms with E-state index in [2.05, 4.69) is 34.6 Å². The molecule has 0 amide bonds. The van der Waals surface area contributed by atoms with Gasteiger partial charge in [0, 0.05) is 18.5 Å². The predicted octanol–water partition coefficient (Wildman–Crippen LogP) is 4.48. The van der Waals surface area contributed by atoms with Crippen LogP contribution in [0, 0.1) is 0 Å². The summed E-state index contributed by atoms with van der Waals surface area (Å²) < 4.78 is 21.7. The fourth-order valence-electron chi connectivity index (χ4n) is 3.22. The van der Waals surface area contributed by atoms with Gasteiger partial charge in [-0.25, -0.2) is 4.99 Å². The van der Waals surface area contributed by atoms with Crippen LogP contribution >= 0.6 is 24.0 Å². The molecule has 2 N–H and O–H groups in total. The van der Waals surface area contributed by atoms with Crippen molar-refractivity contribution >= 4 is 29.9 Å². The molecule has 2 aromatic rings. The van der Waals surface area contributed by atoms with E-state index in [-0.39, 0.29) is 24.0 Å². The Balaban J connectivity index is 0.00000480. The van der Waals surface area contributed by atoms with Crippen LogP contribution in [0.15, 0.2) is 27.7 Å². The number of guanidine groups is 1. The first-order chi connectivity index (χ1) is 14.6. The Morgan fingerprint density at radius 1 is 1.00 bits per heavy atom. The SMILES string of the molecule is CCNC(=NCc1cc(OC)c(OC)c(OC)c1)NCc1cc(C(CC)CC)no1.I. The van der Waals surface area contributed by atoms with Gasteiger partial charge < -0.3 is 29.4 Å². The van der Waals surface area contributed by atoms with Gasteiger partial charge in [0.15, 0.2) is 23.2 Å². The molecule has 0 bridgehead atoms. The smallest absolute Gasteiger partial charge is 0.203 e. The van der Waals surface area contributed by atoms with Gasteiger partial charge in [-0.15, -0.1) is 24.0 Å². The molecule has 0 aliphatic heterocycles. The van der Waals surface area contributed by atoms with Crippen molar-refractivity contribution in [3.05, 3.63) is 35.2 Å². The van der Waals surface area contributed by atoms with Gasteiger partial charge >= 0.3 is 0 Å². The summed E-state index contributed by atoms with van der Waals surface area (Å²) in [6.45, 7) is 8.06. The molecule has 8 nitrogen and oxygen atoms in total. The topological polar surface area (TPSA) is 90.1 Å². The second-order valence-corrected chi connectivity index (χ2v) is 6.81. The number of nitrogens with one attached hydrogen (secondary N) is 2. The van der Waals surface area contributed by atoms with Crippen molar-refractivity contribution in [1.82, 2.24) is 15.8 Å². The Morgan fingerprint density at radius 3 is 2.16 bits per heavy atom. The second-order valence-electron chi connectivity index (χ2n) is 6.81. The molecule has 31 heavy (non-hydrogen) atoms. The first kappa shape index (κ1) is 26.9. The lowest BCUT2D eigenvalue weighted by atomic mass is 9.99. The van der Waals surface area contributed by atoms with Crippen LogP contribution in [-0.2, 0) is 13.1 Å². The number of benzene rings is 1. The van der Waals surface area contributed by atoms with E-state index in [9.17, 15) is 0 Å². The fourth-order valence-corrected chi connectivity index (χ4v) is 3.22. The first-order valence-electron chi connectivity index (χ1n) is 10.4. The third-order valence-electron chi connectivity index (χ3n) is 4.90. The number of methoxy groups -OCH3 is 3. The van der Waals surface area contributed by atoms with Crippen LogP contribution in [0.1, 0.15) is 56.5 Å². The maximum absolute atomic E-state index is 5.48. The Hall–Kier alpha value is -2.17. The highest BCUT2D eigenvalue weighted by Gasteiger charge is 2.14. The third-order valence-corrected chi connectivity index (χ3v) is 4.90. The number of hydrogen-bond donors (Lipinski definition) is 2. The monoisotopic (exact) mass is 546 g/mol. The van der Waals surface area contributed by atoms with E-state index < -0.39 is 0 Å². The van der Waals surface area contributed by atoms with E-state index in [0.29, 0.717) is 42.2 Å². The van der Waals surface area contributed by atoms with Crippen LogP contribution in [0.3, 0.4) is 0 Å². The standard InChI is InChI=1S/C22H34N4O4.HI/c1-7-16(8-2)18-12-17(30-26-18)14-25-22(23-9-3)24-13-15-10-19(27-4)21(29-6)20(11-15)28-5;/h10-12,16H,7-9,13-14H2,1-6H3,(H2,23,24,25);1H. The molecule has 1 aromatic heterocycles. The molecule has 0 aliphatic carbocycles. The molecular weight excluding hydrogens is 511 g/mol. The highest BCUT2D eigenvalue weighted by molar-refractivity contribution is 14.0. The quantitative estimate of drug-likeness (QED) is 0.244. The van der Waals surface area contributed by atoms with E-state index in [1.165, 1.54) is 0 Å². The van der Waals surface area contributed by atoms with E-state index in [1.807, 2.05) is 25.1 Å². The Labute approximate surface area is 202 Å². The van der Waals surface area contributed by atoms with Crippen molar-refractivity contribution in [3.8, 4) is 17.2 Å². The van der Waals surface area contributed by atoms with Gasteiger partial charge in [0.05, 0.1) is 40.1 Å². The van der Waals surface area contributed by atoms with Crippen molar-refractivity contribution in [2.45, 2.75) is 52.6 Å². The lowest BCUT2D eigenvalue weighted by Crippen LogP contribution is -2.36. The second kappa shape index (κ2) is 14.0. The van der Waals surface area contributed by atoms with Gasteiger partial charge in [-0.3, -0.25) is 0 Å². The van der Waals surface area contributed by atoms with E-state index in [4.69, 9.17) is 18.7 Å². The van der Waals surface area contributed by atoms with Crippen LogP contribution in [0.2, 0.25) is 0 Å². The lowest BCUT2D eigenvalue weighted by Gasteiger charge is -2.14. The molecule has 0 atom stereocenters. The Kier molecular flexibility index (Phi) is 12.1. The fraction of sp³-hybridized carbons (Fsp3) is 0.545. The summed E-state index contributed by atoms with van der Waals surface area (Å²) in [6.07, 6.45) is 2.10. The van der Waals surface area contributed by atoms with Gasteiger partial charge in [-0.2, -0.15) is 0 Å². The molecule has 0 saturated carbocycles. The van der Waals surface area contributed by atoms with Crippen molar-refractivity contribution < 1.29 is 18.7 Å². The Morgan fingerprint density at radius 2 is 1.65 bits per heavy atom. The summed E-state index contributed by atoms with van der Waals surface area (Å²) in [6, 6.07) is 5.81. The number of nitrogens with zero attached hydrogens (tertiary/aromatic N) is 2. The first-order valence-corrected chi connectivity index (χ1v) is 10.4. The van der Waals surface area contributed by atoms with E-state index >= 15 is 0 Å². The van der Waals surface area contributed by atoms with Crippen LogP contribution in [-0.4, -0.2) is 39.0 Å². The molecule has 0 spiro atoms. The molecule has 2 rings (SSSR count). The number of halogens is 1. The highest BCUT2D eigenvalue weighted by Crippen LogP contribution is 2.38. The van der Waals surface area contributed by atoms with Gasteiger partial charge in [0.1, 0.15) is 0 Å². The zero-order chi connectivity index (χ0) is 21.9. The highest BCUT2D eigenvalue weighted by atomic mass is 127. The number of rotatable bonds is 11. The van der Waals surface area contributed by atoms with Gasteiger partial charge in [-0.1, -0.05) is 19.0 Å². The largest absolute Gasteiger partial charge is 0.493 e. The summed E-state index contributed by atoms with van der Waals surface area (Å²) >= 11 is 0. The zero-order valence-corrected chi connectivity index (χ0v) is 21.6. The molecule has 0 unspecified atom stereocenters. The summed E-state index contributed by atoms with van der Waals surface area (Å²) in [5.41, 5.74) is 1.95. The van der Waals surface area contributed by atoms with Crippen LogP contribution < -0.4 is 24.8 Å². The van der Waals surface area contributed by atoms with Crippen molar-refractivity contribution in [2.24, 2.45) is 4.99 Å². The number of ether oxygens (including phenoxy) is 3. The molecule has 1 heterocycles. The molecule has 174 valence electrons. The van der Waals surface area contributed by atoms with E-state index in [1.54, 1.807) is 21.3 Å². The predicted molar refractivity (Wildman–Crippen MR) is 133 cm³/mol. The normalized spacial score (nSPS) is 11.1. The molecule has 0 saturated heterocycles. The zero-order valence-electron chi connectivity index (χ0n) is 19.3. The maximum Gasteiger partial charge on any atom is 0.203 e. The van der Waals surface area contributed by atoms with Crippen LogP contribution in [0.5, 0.6) is 17.2 Å². The summed E-state index contributed by atoms with van der Waals surface area (Å²) in [4.78, 5) is 4.66. The minimum atomic E-state index is 0. The number of aliphatic imine (C=N–C) groups is 1. The third kappa shape index (κ3) is 7.48. The summed E-state index contributed by atoms with van der Waals surface area (Å²) in [5, 5.41) is 10.8. The van der Waals surface area contributed by atoms with Crippen LogP contribution in [0.25, 0.3) is 0 Å². The molecule has 1 aromatic carbocycles. The minimum Gasteiger partial charge on any atom is -0.493 e. The van der Waals surface area contributed by atoms with Crippen LogP contribution in [0.4, 0.5) is 0 Å². The van der Waals surface area contributed by atoms with Gasteiger partial charge in [0.2, 0.25) is 5.75 Å². The summed E-state index contributed by atoms with van der Waals surface area (Å²) in [7, 11) is 4.79. The maximum atomic E-state index is 5.48. The van der Waals surface area contributed by atoms with Gasteiger partial charge in [0.25, 0.3) is 0 Å². The number of hydrogen-bond acceptors (Lipinski definition) is 6. The molecular formula is C22H35IN4O4. The van der Waals surface area contributed by atoms with Crippen molar-refractivity contribution in [1.29, 1.82) is 0 Å². The van der Waals surface area contributed by atoms with Crippen molar-refractivity contribution in [3.63, 3.8) is 0 Å². The van der Waals surface area contributed by atoms with E-state index in [0.717, 1.165) is 36.4 Å². The average molecular weight is 546 g/mol. The summed E-state index contributed by atoms with van der Waals surface area (Å²) in [5.74, 6) is 3.69. The molecule has 0 fully saturated rings. The lowest BCUT2D eigenvalue weighted by molar-refractivity contribution is 0.324. The Bertz CT molecular complexity index is 797. The molecule has 0 radical (unpaired) electrons.